The molecule has 0 radical (unpaired) electrons. The molecule has 0 aromatic carbocycles. The zero-order valence-electron chi connectivity index (χ0n) is 9.86. The molecule has 2 N–H and O–H groups in total. The lowest BCUT2D eigenvalue weighted by Crippen LogP contribution is -2.50. The number of hydrogen-bond donors (Lipinski definition) is 1. The Bertz CT molecular complexity index is 173. The Labute approximate surface area is 92.6 Å². The van der Waals surface area contributed by atoms with Gasteiger partial charge in [-0.05, 0) is 12.8 Å². The Morgan fingerprint density at radius 2 is 2.07 bits per heavy atom. The standard InChI is InChI=1S/C11H24N2S/c1-8(2)11(12)7-13-5-6-14-10(4)9(13)3/h8-11H,5-7,12H2,1-4H3/t9?,10?,11-/m1/s1. The first kappa shape index (κ1) is 12.3. The Hall–Kier alpha value is 0.270. The van der Waals surface area contributed by atoms with E-state index in [0.29, 0.717) is 18.0 Å². The van der Waals surface area contributed by atoms with E-state index in [2.05, 4.69) is 44.4 Å². The fourth-order valence-electron chi connectivity index (χ4n) is 1.73. The Kier molecular flexibility index (Phi) is 4.74. The van der Waals surface area contributed by atoms with E-state index in [4.69, 9.17) is 5.73 Å². The topological polar surface area (TPSA) is 29.3 Å². The van der Waals surface area contributed by atoms with Gasteiger partial charge in [0.15, 0.2) is 0 Å². The van der Waals surface area contributed by atoms with E-state index in [0.717, 1.165) is 11.8 Å². The van der Waals surface area contributed by atoms with Crippen LogP contribution in [0.4, 0.5) is 0 Å². The van der Waals surface area contributed by atoms with Gasteiger partial charge in [0.2, 0.25) is 0 Å². The number of hydrogen-bond acceptors (Lipinski definition) is 3. The first-order chi connectivity index (χ1) is 6.52. The third-order valence-electron chi connectivity index (χ3n) is 3.32. The van der Waals surface area contributed by atoms with E-state index >= 15 is 0 Å². The van der Waals surface area contributed by atoms with Crippen LogP contribution in [-0.2, 0) is 0 Å². The van der Waals surface area contributed by atoms with Crippen molar-refractivity contribution < 1.29 is 0 Å². The van der Waals surface area contributed by atoms with Gasteiger partial charge in [-0.1, -0.05) is 20.8 Å². The minimum atomic E-state index is 0.327. The van der Waals surface area contributed by atoms with Crippen molar-refractivity contribution in [3.8, 4) is 0 Å². The molecule has 0 saturated carbocycles. The van der Waals surface area contributed by atoms with Crippen molar-refractivity contribution in [2.24, 2.45) is 11.7 Å². The van der Waals surface area contributed by atoms with Crippen molar-refractivity contribution >= 4 is 11.8 Å². The molecule has 0 amide bonds. The number of nitrogens with zero attached hydrogens (tertiary/aromatic N) is 1. The quantitative estimate of drug-likeness (QED) is 0.780. The van der Waals surface area contributed by atoms with Crippen LogP contribution in [0.5, 0.6) is 0 Å². The number of nitrogens with two attached hydrogens (primary N) is 1. The van der Waals surface area contributed by atoms with E-state index in [1.54, 1.807) is 0 Å². The van der Waals surface area contributed by atoms with Crippen molar-refractivity contribution in [2.45, 2.75) is 45.0 Å². The van der Waals surface area contributed by atoms with Crippen LogP contribution in [0, 0.1) is 5.92 Å². The van der Waals surface area contributed by atoms with Gasteiger partial charge in [-0.15, -0.1) is 0 Å². The van der Waals surface area contributed by atoms with Crippen molar-refractivity contribution in [2.75, 3.05) is 18.8 Å². The molecule has 1 rings (SSSR count). The second-order valence-corrected chi connectivity index (χ2v) is 6.20. The zero-order valence-corrected chi connectivity index (χ0v) is 10.7. The predicted molar refractivity (Wildman–Crippen MR) is 65.8 cm³/mol. The predicted octanol–water partition coefficient (Wildman–Crippen LogP) is 1.80. The number of thioether (sulfide) groups is 1. The molecule has 0 aromatic rings. The zero-order chi connectivity index (χ0) is 10.7. The molecule has 1 aliphatic rings. The Morgan fingerprint density at radius 3 is 2.64 bits per heavy atom. The molecule has 2 nitrogen and oxygen atoms in total. The minimum Gasteiger partial charge on any atom is -0.326 e. The Balaban J connectivity index is 2.43. The van der Waals surface area contributed by atoms with Crippen molar-refractivity contribution in [1.82, 2.24) is 4.90 Å². The summed E-state index contributed by atoms with van der Waals surface area (Å²) in [4.78, 5) is 2.55. The average molecular weight is 216 g/mol. The van der Waals surface area contributed by atoms with Crippen LogP contribution in [0.3, 0.4) is 0 Å². The van der Waals surface area contributed by atoms with Crippen molar-refractivity contribution in [3.63, 3.8) is 0 Å². The second-order valence-electron chi connectivity index (χ2n) is 4.72. The van der Waals surface area contributed by atoms with E-state index in [9.17, 15) is 0 Å². The molecule has 1 saturated heterocycles. The summed E-state index contributed by atoms with van der Waals surface area (Å²) in [7, 11) is 0. The van der Waals surface area contributed by atoms with Gasteiger partial charge in [0.1, 0.15) is 0 Å². The summed E-state index contributed by atoms with van der Waals surface area (Å²) >= 11 is 2.08. The molecular weight excluding hydrogens is 192 g/mol. The van der Waals surface area contributed by atoms with Gasteiger partial charge in [-0.25, -0.2) is 0 Å². The molecule has 1 aliphatic heterocycles. The molecular formula is C11H24N2S. The summed E-state index contributed by atoms with van der Waals surface area (Å²) in [5, 5.41) is 0.753. The lowest BCUT2D eigenvalue weighted by atomic mass is 10.0. The summed E-state index contributed by atoms with van der Waals surface area (Å²) in [6.07, 6.45) is 0. The maximum atomic E-state index is 6.11. The minimum absolute atomic E-state index is 0.327. The lowest BCUT2D eigenvalue weighted by Gasteiger charge is -2.39. The maximum absolute atomic E-state index is 6.11. The highest BCUT2D eigenvalue weighted by Crippen LogP contribution is 2.24. The van der Waals surface area contributed by atoms with Crippen molar-refractivity contribution in [3.05, 3.63) is 0 Å². The SMILES string of the molecule is CC1SCCN(C[C@@H](N)C(C)C)C1C. The van der Waals surface area contributed by atoms with Gasteiger partial charge in [0.25, 0.3) is 0 Å². The molecule has 1 heterocycles. The fraction of sp³-hybridized carbons (Fsp3) is 1.00. The molecule has 3 atom stereocenters. The molecule has 14 heavy (non-hydrogen) atoms. The first-order valence-corrected chi connectivity index (χ1v) is 6.68. The Morgan fingerprint density at radius 1 is 1.43 bits per heavy atom. The summed E-state index contributed by atoms with van der Waals surface area (Å²) < 4.78 is 0. The monoisotopic (exact) mass is 216 g/mol. The third-order valence-corrected chi connectivity index (χ3v) is 4.65. The molecule has 0 aliphatic carbocycles. The summed E-state index contributed by atoms with van der Waals surface area (Å²) in [6.45, 7) is 11.3. The van der Waals surface area contributed by atoms with Crippen LogP contribution < -0.4 is 5.73 Å². The molecule has 0 aromatic heterocycles. The average Bonchev–Trinajstić information content (AvgIpc) is 2.12. The third kappa shape index (κ3) is 3.14. The van der Waals surface area contributed by atoms with E-state index in [-0.39, 0.29) is 0 Å². The molecule has 2 unspecified atom stereocenters. The van der Waals surface area contributed by atoms with Crippen molar-refractivity contribution in [1.29, 1.82) is 0 Å². The largest absolute Gasteiger partial charge is 0.326 e. The van der Waals surface area contributed by atoms with Gasteiger partial charge in [-0.3, -0.25) is 4.90 Å². The summed E-state index contributed by atoms with van der Waals surface area (Å²) in [5.74, 6) is 1.85. The normalized spacial score (nSPS) is 32.1. The maximum Gasteiger partial charge on any atom is 0.0191 e. The molecule has 1 fully saturated rings. The van der Waals surface area contributed by atoms with Crippen LogP contribution in [-0.4, -0.2) is 41.1 Å². The highest BCUT2D eigenvalue weighted by Gasteiger charge is 2.26. The van der Waals surface area contributed by atoms with E-state index in [1.807, 2.05) is 0 Å². The van der Waals surface area contributed by atoms with Gasteiger partial charge in [0, 0.05) is 36.2 Å². The highest BCUT2D eigenvalue weighted by atomic mass is 32.2. The molecule has 0 bridgehead atoms. The van der Waals surface area contributed by atoms with Gasteiger partial charge in [0.05, 0.1) is 0 Å². The highest BCUT2D eigenvalue weighted by molar-refractivity contribution is 8.00. The van der Waals surface area contributed by atoms with Crippen LogP contribution in [0.2, 0.25) is 0 Å². The smallest absolute Gasteiger partial charge is 0.0191 e. The van der Waals surface area contributed by atoms with Crippen LogP contribution in [0.15, 0.2) is 0 Å². The van der Waals surface area contributed by atoms with Crippen LogP contribution >= 0.6 is 11.8 Å². The molecule has 0 spiro atoms. The van der Waals surface area contributed by atoms with E-state index in [1.165, 1.54) is 12.3 Å². The summed E-state index contributed by atoms with van der Waals surface area (Å²) in [5.41, 5.74) is 6.11. The fourth-order valence-corrected chi connectivity index (χ4v) is 2.90. The molecule has 3 heteroatoms. The summed E-state index contributed by atoms with van der Waals surface area (Å²) in [6, 6.07) is 1.01. The van der Waals surface area contributed by atoms with Gasteiger partial charge < -0.3 is 5.73 Å². The second kappa shape index (κ2) is 5.38. The van der Waals surface area contributed by atoms with Gasteiger partial charge in [-0.2, -0.15) is 11.8 Å². The van der Waals surface area contributed by atoms with Crippen LogP contribution in [0.1, 0.15) is 27.7 Å². The van der Waals surface area contributed by atoms with Gasteiger partial charge >= 0.3 is 0 Å². The molecule has 84 valence electrons. The van der Waals surface area contributed by atoms with Crippen LogP contribution in [0.25, 0.3) is 0 Å². The lowest BCUT2D eigenvalue weighted by molar-refractivity contribution is 0.187. The number of rotatable bonds is 3. The first-order valence-electron chi connectivity index (χ1n) is 5.63. The van der Waals surface area contributed by atoms with E-state index < -0.39 is 0 Å².